The first-order valence-corrected chi connectivity index (χ1v) is 6.89. The Morgan fingerprint density at radius 3 is 2.67 bits per heavy atom. The summed E-state index contributed by atoms with van der Waals surface area (Å²) in [5, 5.41) is 0. The molecule has 1 aliphatic heterocycles. The van der Waals surface area contributed by atoms with Crippen LogP contribution in [-0.4, -0.2) is 23.1 Å². The van der Waals surface area contributed by atoms with Crippen LogP contribution in [0.4, 0.5) is 13.6 Å². The Hall–Kier alpha value is -1.69. The fraction of sp³-hybridized carbons (Fsp3) is 0.533. The number of hydrogen-bond donors (Lipinski definition) is 1. The molecule has 0 saturated carbocycles. The smallest absolute Gasteiger partial charge is 0.410 e. The van der Waals surface area contributed by atoms with Crippen molar-refractivity contribution in [3.8, 4) is 0 Å². The molecule has 2 N–H and O–H groups in total. The zero-order valence-electron chi connectivity index (χ0n) is 12.5. The van der Waals surface area contributed by atoms with Crippen molar-refractivity contribution in [2.24, 2.45) is 5.73 Å². The highest BCUT2D eigenvalue weighted by molar-refractivity contribution is 5.68. The molecule has 4 nitrogen and oxygen atoms in total. The summed E-state index contributed by atoms with van der Waals surface area (Å²) < 4.78 is 32.7. The Morgan fingerprint density at radius 1 is 1.38 bits per heavy atom. The van der Waals surface area contributed by atoms with Crippen molar-refractivity contribution >= 4 is 6.09 Å². The topological polar surface area (TPSA) is 55.6 Å². The molecule has 1 amide bonds. The average molecular weight is 298 g/mol. The predicted molar refractivity (Wildman–Crippen MR) is 74.5 cm³/mol. The van der Waals surface area contributed by atoms with E-state index in [-0.39, 0.29) is 12.1 Å². The van der Waals surface area contributed by atoms with Gasteiger partial charge in [0.15, 0.2) is 11.6 Å². The largest absolute Gasteiger partial charge is 0.444 e. The first-order valence-electron chi connectivity index (χ1n) is 6.89. The second-order valence-corrected chi connectivity index (χ2v) is 6.23. The van der Waals surface area contributed by atoms with Crippen LogP contribution in [0.25, 0.3) is 0 Å². The van der Waals surface area contributed by atoms with Crippen LogP contribution in [0.5, 0.6) is 0 Å². The van der Waals surface area contributed by atoms with Crippen molar-refractivity contribution in [1.29, 1.82) is 0 Å². The molecule has 21 heavy (non-hydrogen) atoms. The molecule has 1 heterocycles. The van der Waals surface area contributed by atoms with Crippen LogP contribution in [-0.2, 0) is 11.3 Å². The highest BCUT2D eigenvalue weighted by Crippen LogP contribution is 2.29. The molecule has 0 radical (unpaired) electrons. The third kappa shape index (κ3) is 3.50. The summed E-state index contributed by atoms with van der Waals surface area (Å²) in [6, 6.07) is 2.12. The number of fused-ring (bicyclic) bond motifs is 1. The van der Waals surface area contributed by atoms with E-state index < -0.39 is 29.4 Å². The normalized spacial score (nSPS) is 19.0. The minimum atomic E-state index is -0.946. The van der Waals surface area contributed by atoms with E-state index >= 15 is 0 Å². The van der Waals surface area contributed by atoms with Crippen molar-refractivity contribution < 1.29 is 18.3 Å². The van der Waals surface area contributed by atoms with Gasteiger partial charge in [-0.05, 0) is 38.8 Å². The number of halogens is 2. The molecule has 1 aromatic carbocycles. The van der Waals surface area contributed by atoms with Crippen LogP contribution >= 0.6 is 0 Å². The van der Waals surface area contributed by atoms with Crippen LogP contribution in [0, 0.1) is 11.6 Å². The lowest BCUT2D eigenvalue weighted by molar-refractivity contribution is 0.0233. The van der Waals surface area contributed by atoms with Crippen molar-refractivity contribution in [2.75, 3.05) is 6.54 Å². The fourth-order valence-corrected chi connectivity index (χ4v) is 2.32. The Labute approximate surface area is 122 Å². The van der Waals surface area contributed by atoms with Gasteiger partial charge in [0.05, 0.1) is 6.54 Å². The highest BCUT2D eigenvalue weighted by Gasteiger charge is 2.29. The van der Waals surface area contributed by atoms with Gasteiger partial charge >= 0.3 is 6.09 Å². The quantitative estimate of drug-likeness (QED) is 0.800. The maximum Gasteiger partial charge on any atom is 0.410 e. The molecule has 0 bridgehead atoms. The lowest BCUT2D eigenvalue weighted by Crippen LogP contribution is -2.36. The molecule has 6 heteroatoms. The lowest BCUT2D eigenvalue weighted by Gasteiger charge is -2.26. The van der Waals surface area contributed by atoms with Gasteiger partial charge in [-0.15, -0.1) is 0 Å². The van der Waals surface area contributed by atoms with Gasteiger partial charge in [0.25, 0.3) is 0 Å². The summed E-state index contributed by atoms with van der Waals surface area (Å²) in [5.74, 6) is -1.88. The van der Waals surface area contributed by atoms with E-state index in [0.717, 1.165) is 6.07 Å². The second-order valence-electron chi connectivity index (χ2n) is 6.23. The van der Waals surface area contributed by atoms with E-state index in [1.165, 1.54) is 11.0 Å². The maximum absolute atomic E-state index is 14.0. The second kappa shape index (κ2) is 5.60. The van der Waals surface area contributed by atoms with Gasteiger partial charge in [-0.3, -0.25) is 0 Å². The number of nitrogens with zero attached hydrogens (tertiary/aromatic N) is 1. The summed E-state index contributed by atoms with van der Waals surface area (Å²) in [6.07, 6.45) is -0.0802. The molecule has 1 aliphatic rings. The number of rotatable bonds is 0. The first kappa shape index (κ1) is 15.7. The number of hydrogen-bond acceptors (Lipinski definition) is 3. The first-order chi connectivity index (χ1) is 9.69. The molecular formula is C15H20F2N2O2. The van der Waals surface area contributed by atoms with Gasteiger partial charge in [0.1, 0.15) is 5.60 Å². The van der Waals surface area contributed by atoms with Gasteiger partial charge in [-0.1, -0.05) is 6.07 Å². The van der Waals surface area contributed by atoms with Crippen LogP contribution in [0.3, 0.4) is 0 Å². The van der Waals surface area contributed by atoms with Crippen molar-refractivity contribution in [3.05, 3.63) is 34.9 Å². The van der Waals surface area contributed by atoms with Gasteiger partial charge in [0.2, 0.25) is 0 Å². The van der Waals surface area contributed by atoms with E-state index in [1.807, 2.05) is 0 Å². The fourth-order valence-electron chi connectivity index (χ4n) is 2.32. The average Bonchev–Trinajstić information content (AvgIpc) is 2.52. The zero-order valence-corrected chi connectivity index (χ0v) is 12.5. The monoisotopic (exact) mass is 298 g/mol. The number of carbonyl (C=O) groups is 1. The number of amides is 1. The highest BCUT2D eigenvalue weighted by atomic mass is 19.2. The summed E-state index contributed by atoms with van der Waals surface area (Å²) in [5.41, 5.74) is 6.02. The summed E-state index contributed by atoms with van der Waals surface area (Å²) in [7, 11) is 0. The molecule has 2 rings (SSSR count). The minimum Gasteiger partial charge on any atom is -0.444 e. The summed E-state index contributed by atoms with van der Waals surface area (Å²) in [6.45, 7) is 5.56. The molecular weight excluding hydrogens is 278 g/mol. The van der Waals surface area contributed by atoms with Crippen LogP contribution < -0.4 is 5.73 Å². The number of carbonyl (C=O) groups excluding carboxylic acids is 1. The third-order valence-electron chi connectivity index (χ3n) is 3.34. The van der Waals surface area contributed by atoms with Crippen molar-refractivity contribution in [2.45, 2.75) is 45.4 Å². The van der Waals surface area contributed by atoms with Gasteiger partial charge in [0, 0.05) is 18.2 Å². The van der Waals surface area contributed by atoms with Crippen LogP contribution in [0.1, 0.15) is 44.4 Å². The number of nitrogens with two attached hydrogens (primary N) is 1. The van der Waals surface area contributed by atoms with E-state index in [9.17, 15) is 13.6 Å². The Bertz CT molecular complexity index is 555. The van der Waals surface area contributed by atoms with Crippen molar-refractivity contribution in [1.82, 2.24) is 4.90 Å². The minimum absolute atomic E-state index is 0.0401. The third-order valence-corrected chi connectivity index (χ3v) is 3.34. The Kier molecular flexibility index (Phi) is 4.18. The molecule has 0 aromatic heterocycles. The molecule has 1 atom stereocenters. The summed E-state index contributed by atoms with van der Waals surface area (Å²) in [4.78, 5) is 13.5. The van der Waals surface area contributed by atoms with Crippen LogP contribution in [0.2, 0.25) is 0 Å². The van der Waals surface area contributed by atoms with E-state index in [2.05, 4.69) is 0 Å². The van der Waals surface area contributed by atoms with E-state index in [1.54, 1.807) is 20.8 Å². The molecule has 0 saturated heterocycles. The Balaban J connectivity index is 2.30. The van der Waals surface area contributed by atoms with Gasteiger partial charge in [-0.25, -0.2) is 13.6 Å². The number of ether oxygens (including phenoxy) is 1. The molecule has 0 spiro atoms. The maximum atomic E-state index is 14.0. The predicted octanol–water partition coefficient (Wildman–Crippen LogP) is 3.11. The molecule has 1 aromatic rings. The van der Waals surface area contributed by atoms with Crippen molar-refractivity contribution in [3.63, 3.8) is 0 Å². The zero-order chi connectivity index (χ0) is 15.8. The lowest BCUT2D eigenvalue weighted by atomic mass is 9.99. The number of benzene rings is 1. The Morgan fingerprint density at radius 2 is 2.05 bits per heavy atom. The summed E-state index contributed by atoms with van der Waals surface area (Å²) >= 11 is 0. The standard InChI is InChI=1S/C15H20F2N2O2/c1-15(2,3)21-14(20)19-7-6-12(18)9-4-5-11(16)13(17)10(9)8-19/h4-5,12H,6-8,18H2,1-3H3/t12-/m0/s1. The van der Waals surface area contributed by atoms with E-state index in [4.69, 9.17) is 10.5 Å². The van der Waals surface area contributed by atoms with E-state index in [0.29, 0.717) is 18.5 Å². The molecule has 0 aliphatic carbocycles. The van der Waals surface area contributed by atoms with Crippen LogP contribution in [0.15, 0.2) is 12.1 Å². The SMILES string of the molecule is CC(C)(C)OC(=O)N1CC[C@H](N)c2ccc(F)c(F)c2C1. The van der Waals surface area contributed by atoms with Gasteiger partial charge in [-0.2, -0.15) is 0 Å². The molecule has 0 unspecified atom stereocenters. The molecule has 116 valence electrons. The van der Waals surface area contributed by atoms with Gasteiger partial charge < -0.3 is 15.4 Å². The molecule has 0 fully saturated rings.